The lowest BCUT2D eigenvalue weighted by molar-refractivity contribution is -0.139. The minimum atomic E-state index is -0.633. The summed E-state index contributed by atoms with van der Waals surface area (Å²) in [6, 6.07) is 12.0. The number of pyridine rings is 1. The zero-order valence-corrected chi connectivity index (χ0v) is 18.6. The van der Waals surface area contributed by atoms with Crippen molar-refractivity contribution in [1.82, 2.24) is 20.5 Å². The van der Waals surface area contributed by atoms with Gasteiger partial charge in [0, 0.05) is 49.6 Å². The SMILES string of the molecule is CCOC(=O)C1=C(CN2CCN(c3ccccn3)CC2)NC(=O)N[C@H]1c1cccc(Cl)c1. The number of benzene rings is 1. The molecule has 4 rings (SSSR count). The number of halogens is 1. The van der Waals surface area contributed by atoms with E-state index in [1.165, 1.54) is 0 Å². The molecule has 8 nitrogen and oxygen atoms in total. The van der Waals surface area contributed by atoms with Crippen LogP contribution in [0.15, 0.2) is 59.9 Å². The van der Waals surface area contributed by atoms with Crippen molar-refractivity contribution >= 4 is 29.4 Å². The Bertz CT molecular complexity index is 1010. The van der Waals surface area contributed by atoms with Gasteiger partial charge in [0.05, 0.1) is 18.2 Å². The lowest BCUT2D eigenvalue weighted by atomic mass is 9.95. The predicted molar refractivity (Wildman–Crippen MR) is 122 cm³/mol. The first-order chi connectivity index (χ1) is 15.5. The first-order valence-corrected chi connectivity index (χ1v) is 11.0. The lowest BCUT2D eigenvalue weighted by Gasteiger charge is -2.37. The maximum Gasteiger partial charge on any atom is 0.338 e. The van der Waals surface area contributed by atoms with Crippen molar-refractivity contribution in [3.63, 3.8) is 0 Å². The second-order valence-electron chi connectivity index (χ2n) is 7.65. The molecule has 2 aliphatic heterocycles. The molecule has 2 amide bonds. The minimum Gasteiger partial charge on any atom is -0.463 e. The second-order valence-corrected chi connectivity index (χ2v) is 8.09. The third-order valence-corrected chi connectivity index (χ3v) is 5.79. The number of ether oxygens (including phenoxy) is 1. The van der Waals surface area contributed by atoms with Crippen LogP contribution >= 0.6 is 11.6 Å². The molecule has 9 heteroatoms. The number of carbonyl (C=O) groups excluding carboxylic acids is 2. The molecule has 32 heavy (non-hydrogen) atoms. The number of aromatic nitrogens is 1. The van der Waals surface area contributed by atoms with Crippen LogP contribution in [-0.4, -0.2) is 61.2 Å². The monoisotopic (exact) mass is 455 g/mol. The fraction of sp³-hybridized carbons (Fsp3) is 0.348. The zero-order valence-electron chi connectivity index (χ0n) is 17.9. The number of nitrogens with zero attached hydrogens (tertiary/aromatic N) is 3. The van der Waals surface area contributed by atoms with Crippen LogP contribution in [0.2, 0.25) is 5.02 Å². The van der Waals surface area contributed by atoms with Crippen molar-refractivity contribution in [2.24, 2.45) is 0 Å². The van der Waals surface area contributed by atoms with Crippen LogP contribution in [0.5, 0.6) is 0 Å². The molecule has 0 bridgehead atoms. The summed E-state index contributed by atoms with van der Waals surface area (Å²) in [6.45, 7) is 5.62. The van der Waals surface area contributed by atoms with Crippen molar-refractivity contribution in [2.75, 3.05) is 44.2 Å². The number of nitrogens with one attached hydrogen (secondary N) is 2. The zero-order chi connectivity index (χ0) is 22.5. The van der Waals surface area contributed by atoms with E-state index in [1.54, 1.807) is 31.3 Å². The van der Waals surface area contributed by atoms with Crippen molar-refractivity contribution in [3.05, 3.63) is 70.5 Å². The molecule has 0 spiro atoms. The molecule has 1 aromatic heterocycles. The van der Waals surface area contributed by atoms with Gasteiger partial charge < -0.3 is 20.3 Å². The standard InChI is InChI=1S/C23H26ClN5O3/c1-2-32-22(30)20-18(26-23(31)27-21(20)16-6-5-7-17(24)14-16)15-28-10-12-29(13-11-28)19-8-3-4-9-25-19/h3-9,14,21H,2,10-13,15H2,1H3,(H2,26,27,31)/t21-/m0/s1. The highest BCUT2D eigenvalue weighted by Gasteiger charge is 2.34. The summed E-state index contributed by atoms with van der Waals surface area (Å²) in [4.78, 5) is 34.3. The van der Waals surface area contributed by atoms with Gasteiger partial charge in [-0.25, -0.2) is 14.6 Å². The molecule has 2 aromatic rings. The Morgan fingerprint density at radius 1 is 1.19 bits per heavy atom. The molecular weight excluding hydrogens is 430 g/mol. The normalized spacial score (nSPS) is 19.4. The third-order valence-electron chi connectivity index (χ3n) is 5.56. The predicted octanol–water partition coefficient (Wildman–Crippen LogP) is 2.73. The van der Waals surface area contributed by atoms with Crippen LogP contribution in [-0.2, 0) is 9.53 Å². The van der Waals surface area contributed by atoms with Gasteiger partial charge >= 0.3 is 12.0 Å². The summed E-state index contributed by atoms with van der Waals surface area (Å²) >= 11 is 6.17. The highest BCUT2D eigenvalue weighted by Crippen LogP contribution is 2.30. The lowest BCUT2D eigenvalue weighted by Crippen LogP contribution is -2.52. The van der Waals surface area contributed by atoms with Gasteiger partial charge in [0.1, 0.15) is 5.82 Å². The van der Waals surface area contributed by atoms with Crippen molar-refractivity contribution in [2.45, 2.75) is 13.0 Å². The smallest absolute Gasteiger partial charge is 0.338 e. The van der Waals surface area contributed by atoms with Gasteiger partial charge in [-0.1, -0.05) is 29.8 Å². The van der Waals surface area contributed by atoms with Gasteiger partial charge in [0.15, 0.2) is 0 Å². The Morgan fingerprint density at radius 3 is 2.69 bits per heavy atom. The number of carbonyl (C=O) groups is 2. The van der Waals surface area contributed by atoms with Crippen LogP contribution in [0.25, 0.3) is 0 Å². The minimum absolute atomic E-state index is 0.245. The Morgan fingerprint density at radius 2 is 2.00 bits per heavy atom. The largest absolute Gasteiger partial charge is 0.463 e. The maximum atomic E-state index is 12.9. The van der Waals surface area contributed by atoms with Crippen molar-refractivity contribution < 1.29 is 14.3 Å². The molecular formula is C23H26ClN5O3. The number of amides is 2. The average molecular weight is 456 g/mol. The molecule has 2 N–H and O–H groups in total. The Kier molecular flexibility index (Phi) is 6.92. The van der Waals surface area contributed by atoms with E-state index < -0.39 is 12.0 Å². The van der Waals surface area contributed by atoms with Gasteiger partial charge in [-0.3, -0.25) is 4.90 Å². The number of urea groups is 1. The van der Waals surface area contributed by atoms with E-state index in [0.717, 1.165) is 37.6 Å². The highest BCUT2D eigenvalue weighted by atomic mass is 35.5. The molecule has 1 aromatic carbocycles. The van der Waals surface area contributed by atoms with E-state index >= 15 is 0 Å². The van der Waals surface area contributed by atoms with Gasteiger partial charge in [-0.05, 0) is 36.8 Å². The van der Waals surface area contributed by atoms with Crippen LogP contribution < -0.4 is 15.5 Å². The molecule has 0 radical (unpaired) electrons. The molecule has 1 atom stereocenters. The Hall–Kier alpha value is -3.10. The molecule has 1 saturated heterocycles. The fourth-order valence-corrected chi connectivity index (χ4v) is 4.23. The maximum absolute atomic E-state index is 12.9. The Labute approximate surface area is 192 Å². The summed E-state index contributed by atoms with van der Waals surface area (Å²) in [5, 5.41) is 6.21. The summed E-state index contributed by atoms with van der Waals surface area (Å²) in [6.07, 6.45) is 1.79. The van der Waals surface area contributed by atoms with Gasteiger partial charge in [-0.15, -0.1) is 0 Å². The molecule has 168 valence electrons. The molecule has 1 fully saturated rings. The van der Waals surface area contributed by atoms with Crippen LogP contribution in [0.1, 0.15) is 18.5 Å². The number of anilines is 1. The summed E-state index contributed by atoms with van der Waals surface area (Å²) < 4.78 is 5.34. The van der Waals surface area contributed by atoms with E-state index in [2.05, 4.69) is 25.4 Å². The van der Waals surface area contributed by atoms with Crippen molar-refractivity contribution in [1.29, 1.82) is 0 Å². The van der Waals surface area contributed by atoms with Crippen molar-refractivity contribution in [3.8, 4) is 0 Å². The van der Waals surface area contributed by atoms with Crippen LogP contribution in [0.4, 0.5) is 10.6 Å². The number of rotatable bonds is 6. The van der Waals surface area contributed by atoms with E-state index in [-0.39, 0.29) is 12.6 Å². The molecule has 0 unspecified atom stereocenters. The summed E-state index contributed by atoms with van der Waals surface area (Å²) in [5.74, 6) is 0.502. The topological polar surface area (TPSA) is 86.8 Å². The van der Waals surface area contributed by atoms with Crippen LogP contribution in [0, 0.1) is 0 Å². The summed E-state index contributed by atoms with van der Waals surface area (Å²) in [5.41, 5.74) is 1.69. The van der Waals surface area contributed by atoms with Crippen LogP contribution in [0.3, 0.4) is 0 Å². The molecule has 3 heterocycles. The first kappa shape index (κ1) is 22.1. The van der Waals surface area contributed by atoms with E-state index in [1.807, 2.05) is 24.3 Å². The van der Waals surface area contributed by atoms with E-state index in [0.29, 0.717) is 22.8 Å². The number of hydrogen-bond donors (Lipinski definition) is 2. The number of piperazine rings is 1. The van der Waals surface area contributed by atoms with E-state index in [4.69, 9.17) is 16.3 Å². The average Bonchev–Trinajstić information content (AvgIpc) is 2.80. The quantitative estimate of drug-likeness (QED) is 0.651. The molecule has 0 saturated carbocycles. The highest BCUT2D eigenvalue weighted by molar-refractivity contribution is 6.30. The fourth-order valence-electron chi connectivity index (χ4n) is 4.03. The number of esters is 1. The van der Waals surface area contributed by atoms with Gasteiger partial charge in [0.2, 0.25) is 0 Å². The summed E-state index contributed by atoms with van der Waals surface area (Å²) in [7, 11) is 0. The third kappa shape index (κ3) is 5.03. The molecule has 2 aliphatic rings. The molecule has 0 aliphatic carbocycles. The number of hydrogen-bond acceptors (Lipinski definition) is 6. The van der Waals surface area contributed by atoms with E-state index in [9.17, 15) is 9.59 Å². The Balaban J connectivity index is 1.56. The second kappa shape index (κ2) is 10.0. The van der Waals surface area contributed by atoms with Gasteiger partial charge in [-0.2, -0.15) is 0 Å². The van der Waals surface area contributed by atoms with Gasteiger partial charge in [0.25, 0.3) is 0 Å². The first-order valence-electron chi connectivity index (χ1n) is 10.7.